The highest BCUT2D eigenvalue weighted by molar-refractivity contribution is 5.93. The fourth-order valence-corrected chi connectivity index (χ4v) is 3.11. The summed E-state index contributed by atoms with van der Waals surface area (Å²) in [7, 11) is 0. The van der Waals surface area contributed by atoms with Gasteiger partial charge in [-0.2, -0.15) is 0 Å². The molecule has 1 heterocycles. The van der Waals surface area contributed by atoms with Crippen molar-refractivity contribution in [3.8, 4) is 0 Å². The lowest BCUT2D eigenvalue weighted by atomic mass is 9.69. The Morgan fingerprint density at radius 3 is 2.27 bits per heavy atom. The molecule has 0 atom stereocenters. The van der Waals surface area contributed by atoms with E-state index in [4.69, 9.17) is 0 Å². The highest BCUT2D eigenvalue weighted by Gasteiger charge is 2.42. The minimum absolute atomic E-state index is 0.196. The van der Waals surface area contributed by atoms with E-state index in [-0.39, 0.29) is 23.2 Å². The first-order valence-corrected chi connectivity index (χ1v) is 8.22. The number of aromatic nitrogens is 1. The van der Waals surface area contributed by atoms with Gasteiger partial charge >= 0.3 is 0 Å². The van der Waals surface area contributed by atoms with Gasteiger partial charge in [0.05, 0.1) is 10.9 Å². The Balaban J connectivity index is 2.50. The van der Waals surface area contributed by atoms with Crippen molar-refractivity contribution in [3.05, 3.63) is 36.5 Å². The molecule has 0 fully saturated rings. The van der Waals surface area contributed by atoms with Crippen molar-refractivity contribution in [1.29, 1.82) is 0 Å². The normalized spacial score (nSPS) is 12.4. The molecular weight excluding hydrogens is 272 g/mol. The largest absolute Gasteiger partial charge is 0.272 e. The number of amides is 1. The van der Waals surface area contributed by atoms with Gasteiger partial charge in [0.25, 0.3) is 0 Å². The standard InChI is InChI=1S/C19H28N2O/c1-7-20(18(22)19(6,14(2)3)15(4)5)21-13-12-16-10-8-9-11-17(16)21/h8-15H,7H2,1-6H3. The first-order chi connectivity index (χ1) is 10.3. The SMILES string of the molecule is CCN(C(=O)C(C)(C(C)C)C(C)C)n1ccc2ccccc21. The molecule has 1 amide bonds. The second-order valence-electron chi connectivity index (χ2n) is 6.83. The van der Waals surface area contributed by atoms with Gasteiger partial charge in [0.2, 0.25) is 5.91 Å². The monoisotopic (exact) mass is 300 g/mol. The van der Waals surface area contributed by atoms with Crippen LogP contribution >= 0.6 is 0 Å². The van der Waals surface area contributed by atoms with Gasteiger partial charge < -0.3 is 0 Å². The van der Waals surface area contributed by atoms with E-state index in [9.17, 15) is 4.79 Å². The molecule has 0 saturated heterocycles. The fraction of sp³-hybridized carbons (Fsp3) is 0.526. The van der Waals surface area contributed by atoms with Crippen molar-refractivity contribution < 1.29 is 4.79 Å². The van der Waals surface area contributed by atoms with E-state index in [1.54, 1.807) is 0 Å². The summed E-state index contributed by atoms with van der Waals surface area (Å²) in [6, 6.07) is 10.2. The van der Waals surface area contributed by atoms with Crippen molar-refractivity contribution in [2.45, 2.75) is 41.5 Å². The highest BCUT2D eigenvalue weighted by atomic mass is 16.2. The third kappa shape index (κ3) is 2.53. The molecule has 3 heteroatoms. The van der Waals surface area contributed by atoms with Crippen LogP contribution in [0.5, 0.6) is 0 Å². The molecule has 0 saturated carbocycles. The predicted molar refractivity (Wildman–Crippen MR) is 93.5 cm³/mol. The summed E-state index contributed by atoms with van der Waals surface area (Å²) in [5.74, 6) is 0.771. The molecule has 0 aliphatic rings. The van der Waals surface area contributed by atoms with Crippen LogP contribution in [-0.4, -0.2) is 17.1 Å². The zero-order valence-corrected chi connectivity index (χ0v) is 14.6. The van der Waals surface area contributed by atoms with Crippen LogP contribution in [0.15, 0.2) is 36.5 Å². The molecular formula is C19H28N2O. The van der Waals surface area contributed by atoms with Crippen molar-refractivity contribution >= 4 is 16.8 Å². The predicted octanol–water partition coefficient (Wildman–Crippen LogP) is 4.44. The zero-order valence-electron chi connectivity index (χ0n) is 14.6. The maximum Gasteiger partial charge on any atom is 0.247 e. The van der Waals surface area contributed by atoms with Gasteiger partial charge in [-0.15, -0.1) is 0 Å². The van der Waals surface area contributed by atoms with Gasteiger partial charge in [-0.05, 0) is 30.9 Å². The third-order valence-electron chi connectivity index (χ3n) is 5.23. The minimum Gasteiger partial charge on any atom is -0.272 e. The van der Waals surface area contributed by atoms with E-state index in [1.165, 1.54) is 0 Å². The van der Waals surface area contributed by atoms with Gasteiger partial charge in [-0.3, -0.25) is 9.47 Å². The number of fused-ring (bicyclic) bond motifs is 1. The fourth-order valence-electron chi connectivity index (χ4n) is 3.11. The number of hydrogen-bond donors (Lipinski definition) is 0. The van der Waals surface area contributed by atoms with Crippen molar-refractivity contribution in [1.82, 2.24) is 4.68 Å². The molecule has 2 rings (SSSR count). The Labute approximate surface area is 133 Å². The molecule has 0 spiro atoms. The second-order valence-corrected chi connectivity index (χ2v) is 6.83. The number of rotatable bonds is 5. The Hall–Kier alpha value is -1.77. The van der Waals surface area contributed by atoms with E-state index >= 15 is 0 Å². The minimum atomic E-state index is -0.374. The van der Waals surface area contributed by atoms with Crippen LogP contribution in [0.1, 0.15) is 41.5 Å². The number of benzene rings is 1. The van der Waals surface area contributed by atoms with Gasteiger partial charge in [-0.25, -0.2) is 5.01 Å². The lowest BCUT2D eigenvalue weighted by Crippen LogP contribution is -2.52. The molecule has 1 aromatic heterocycles. The Kier molecular flexibility index (Phi) is 4.64. The lowest BCUT2D eigenvalue weighted by molar-refractivity contribution is -0.134. The summed E-state index contributed by atoms with van der Waals surface area (Å²) in [4.78, 5) is 13.3. The van der Waals surface area contributed by atoms with E-state index in [2.05, 4.69) is 52.8 Å². The third-order valence-corrected chi connectivity index (χ3v) is 5.23. The van der Waals surface area contributed by atoms with Crippen LogP contribution in [0, 0.1) is 17.3 Å². The molecule has 0 unspecified atom stereocenters. The summed E-state index contributed by atoms with van der Waals surface area (Å²) in [6.45, 7) is 13.3. The van der Waals surface area contributed by atoms with Crippen LogP contribution in [-0.2, 0) is 4.79 Å². The van der Waals surface area contributed by atoms with Crippen molar-refractivity contribution in [3.63, 3.8) is 0 Å². The highest BCUT2D eigenvalue weighted by Crippen LogP contribution is 2.37. The first kappa shape index (κ1) is 16.6. The smallest absolute Gasteiger partial charge is 0.247 e. The maximum atomic E-state index is 13.3. The van der Waals surface area contributed by atoms with Gasteiger partial charge in [-0.1, -0.05) is 52.8 Å². The Morgan fingerprint density at radius 2 is 1.73 bits per heavy atom. The number of nitrogens with zero attached hydrogens (tertiary/aromatic N) is 2. The number of para-hydroxylation sites is 1. The molecule has 1 aromatic carbocycles. The second kappa shape index (κ2) is 6.15. The molecule has 0 bridgehead atoms. The summed E-state index contributed by atoms with van der Waals surface area (Å²) in [6.07, 6.45) is 1.99. The maximum absolute atomic E-state index is 13.3. The van der Waals surface area contributed by atoms with Crippen molar-refractivity contribution in [2.75, 3.05) is 11.6 Å². The molecule has 120 valence electrons. The van der Waals surface area contributed by atoms with Gasteiger partial charge in [0.15, 0.2) is 0 Å². The molecule has 0 radical (unpaired) electrons. The molecule has 0 N–H and O–H groups in total. The number of carbonyl (C=O) groups is 1. The number of hydrogen-bond acceptors (Lipinski definition) is 1. The summed E-state index contributed by atoms with van der Waals surface area (Å²) in [5, 5.41) is 3.03. The quantitative estimate of drug-likeness (QED) is 0.801. The first-order valence-electron chi connectivity index (χ1n) is 8.22. The van der Waals surface area contributed by atoms with E-state index in [0.29, 0.717) is 6.54 Å². The molecule has 3 nitrogen and oxygen atoms in total. The van der Waals surface area contributed by atoms with Gasteiger partial charge in [0, 0.05) is 18.1 Å². The number of carbonyl (C=O) groups excluding carboxylic acids is 1. The van der Waals surface area contributed by atoms with E-state index in [0.717, 1.165) is 10.9 Å². The topological polar surface area (TPSA) is 25.2 Å². The van der Waals surface area contributed by atoms with Crippen LogP contribution in [0.3, 0.4) is 0 Å². The Bertz CT molecular complexity index is 646. The molecule has 2 aromatic rings. The average molecular weight is 300 g/mol. The van der Waals surface area contributed by atoms with Crippen LogP contribution in [0.2, 0.25) is 0 Å². The van der Waals surface area contributed by atoms with E-state index in [1.807, 2.05) is 34.9 Å². The molecule has 0 aliphatic heterocycles. The Morgan fingerprint density at radius 1 is 1.14 bits per heavy atom. The average Bonchev–Trinajstić information content (AvgIpc) is 2.90. The lowest BCUT2D eigenvalue weighted by Gasteiger charge is -2.40. The summed E-state index contributed by atoms with van der Waals surface area (Å²) in [5.41, 5.74) is 0.703. The van der Waals surface area contributed by atoms with Crippen LogP contribution in [0.25, 0.3) is 10.9 Å². The summed E-state index contributed by atoms with van der Waals surface area (Å²) >= 11 is 0. The van der Waals surface area contributed by atoms with Gasteiger partial charge in [0.1, 0.15) is 0 Å². The van der Waals surface area contributed by atoms with Crippen LogP contribution in [0.4, 0.5) is 0 Å². The van der Waals surface area contributed by atoms with Crippen molar-refractivity contribution in [2.24, 2.45) is 17.3 Å². The van der Waals surface area contributed by atoms with E-state index < -0.39 is 0 Å². The van der Waals surface area contributed by atoms with Crippen LogP contribution < -0.4 is 5.01 Å². The molecule has 22 heavy (non-hydrogen) atoms. The molecule has 0 aliphatic carbocycles. The summed E-state index contributed by atoms with van der Waals surface area (Å²) < 4.78 is 2.00. The zero-order chi connectivity index (χ0) is 16.5.